The van der Waals surface area contributed by atoms with Gasteiger partial charge in [-0.15, -0.1) is 10.2 Å². The molecule has 1 aliphatic rings. The zero-order valence-corrected chi connectivity index (χ0v) is 21.5. The van der Waals surface area contributed by atoms with Crippen molar-refractivity contribution in [3.63, 3.8) is 0 Å². The normalized spacial score (nSPS) is 17.0. The van der Waals surface area contributed by atoms with E-state index in [9.17, 15) is 4.79 Å². The molecule has 1 saturated heterocycles. The lowest BCUT2D eigenvalue weighted by Crippen LogP contribution is -2.26. The Morgan fingerprint density at radius 2 is 1.69 bits per heavy atom. The van der Waals surface area contributed by atoms with Crippen LogP contribution in [0, 0.1) is 0 Å². The fourth-order valence-corrected chi connectivity index (χ4v) is 5.08. The minimum absolute atomic E-state index is 0.0945. The van der Waals surface area contributed by atoms with E-state index in [4.69, 9.17) is 0 Å². The van der Waals surface area contributed by atoms with Crippen LogP contribution < -0.4 is 10.6 Å². The fourth-order valence-electron chi connectivity index (χ4n) is 4.41. The van der Waals surface area contributed by atoms with Crippen molar-refractivity contribution in [3.05, 3.63) is 34.4 Å². The maximum Gasteiger partial charge on any atom is 0.258 e. The van der Waals surface area contributed by atoms with Gasteiger partial charge in [0.2, 0.25) is 10.3 Å². The first kappa shape index (κ1) is 24.6. The van der Waals surface area contributed by atoms with Crippen molar-refractivity contribution in [3.8, 4) is 0 Å². The third-order valence-corrected chi connectivity index (χ3v) is 7.23. The summed E-state index contributed by atoms with van der Waals surface area (Å²) < 4.78 is 0. The SMILES string of the molecule is CC(C)c1cc(C(C)C)c(C(=O)Nc2nnc(NCCC3CCCN3C)s2)c(C(C)C)c1. The number of nitrogens with one attached hydrogen (secondary N) is 2. The van der Waals surface area contributed by atoms with Crippen molar-refractivity contribution in [2.75, 3.05) is 30.8 Å². The quantitative estimate of drug-likeness (QED) is 0.479. The molecule has 2 N–H and O–H groups in total. The Morgan fingerprint density at radius 1 is 1.06 bits per heavy atom. The number of amides is 1. The summed E-state index contributed by atoms with van der Waals surface area (Å²) in [6.07, 6.45) is 3.64. The van der Waals surface area contributed by atoms with Crippen molar-refractivity contribution in [2.24, 2.45) is 0 Å². The molecule has 176 valence electrons. The van der Waals surface area contributed by atoms with E-state index >= 15 is 0 Å². The monoisotopic (exact) mass is 457 g/mol. The molecule has 3 rings (SSSR count). The van der Waals surface area contributed by atoms with Crippen molar-refractivity contribution < 1.29 is 4.79 Å². The lowest BCUT2D eigenvalue weighted by Gasteiger charge is -2.22. The van der Waals surface area contributed by atoms with Crippen LogP contribution in [0.2, 0.25) is 0 Å². The summed E-state index contributed by atoms with van der Waals surface area (Å²) in [6, 6.07) is 5.04. The average molecular weight is 458 g/mol. The zero-order chi connectivity index (χ0) is 23.4. The van der Waals surface area contributed by atoms with E-state index in [0.29, 0.717) is 17.1 Å². The summed E-state index contributed by atoms with van der Waals surface area (Å²) in [5.74, 6) is 0.838. The van der Waals surface area contributed by atoms with Gasteiger partial charge in [-0.05, 0) is 67.3 Å². The van der Waals surface area contributed by atoms with Crippen LogP contribution in [0.25, 0.3) is 0 Å². The maximum absolute atomic E-state index is 13.4. The highest BCUT2D eigenvalue weighted by molar-refractivity contribution is 7.19. The minimum Gasteiger partial charge on any atom is -0.360 e. The molecule has 1 unspecified atom stereocenters. The van der Waals surface area contributed by atoms with Crippen LogP contribution in [-0.4, -0.2) is 47.2 Å². The van der Waals surface area contributed by atoms with Crippen LogP contribution >= 0.6 is 11.3 Å². The van der Waals surface area contributed by atoms with Crippen LogP contribution in [0.1, 0.15) is 106 Å². The van der Waals surface area contributed by atoms with Crippen LogP contribution in [-0.2, 0) is 0 Å². The number of aromatic nitrogens is 2. The van der Waals surface area contributed by atoms with Crippen molar-refractivity contribution >= 4 is 27.5 Å². The Kier molecular flexibility index (Phi) is 8.28. The topological polar surface area (TPSA) is 70.1 Å². The molecular weight excluding hydrogens is 418 g/mol. The lowest BCUT2D eigenvalue weighted by atomic mass is 9.84. The molecular formula is C25H39N5OS. The summed E-state index contributed by atoms with van der Waals surface area (Å²) >= 11 is 1.40. The first-order valence-corrected chi connectivity index (χ1v) is 12.8. The van der Waals surface area contributed by atoms with Crippen molar-refractivity contribution in [1.82, 2.24) is 15.1 Å². The molecule has 0 radical (unpaired) electrons. The number of carbonyl (C=O) groups is 1. The third kappa shape index (κ3) is 5.87. The number of nitrogens with zero attached hydrogens (tertiary/aromatic N) is 3. The van der Waals surface area contributed by atoms with Gasteiger partial charge in [0.05, 0.1) is 0 Å². The number of hydrogen-bond donors (Lipinski definition) is 2. The van der Waals surface area contributed by atoms with Crippen LogP contribution in [0.5, 0.6) is 0 Å². The molecule has 0 aliphatic carbocycles. The maximum atomic E-state index is 13.4. The second-order valence-corrected chi connectivity index (χ2v) is 10.9. The van der Waals surface area contributed by atoms with E-state index < -0.39 is 0 Å². The molecule has 1 aromatic carbocycles. The lowest BCUT2D eigenvalue weighted by molar-refractivity contribution is 0.102. The van der Waals surface area contributed by atoms with Gasteiger partial charge >= 0.3 is 0 Å². The van der Waals surface area contributed by atoms with Crippen molar-refractivity contribution in [1.29, 1.82) is 0 Å². The minimum atomic E-state index is -0.0945. The van der Waals surface area contributed by atoms with Gasteiger partial charge in [0.1, 0.15) is 0 Å². The molecule has 6 nitrogen and oxygen atoms in total. The first-order chi connectivity index (χ1) is 15.2. The summed E-state index contributed by atoms with van der Waals surface area (Å²) in [4.78, 5) is 15.8. The molecule has 2 aromatic rings. The van der Waals surface area contributed by atoms with Gasteiger partial charge in [0.25, 0.3) is 5.91 Å². The van der Waals surface area contributed by atoms with E-state index in [1.54, 1.807) is 0 Å². The zero-order valence-electron chi connectivity index (χ0n) is 20.7. The molecule has 7 heteroatoms. The molecule has 1 aliphatic heterocycles. The highest BCUT2D eigenvalue weighted by atomic mass is 32.1. The van der Waals surface area contributed by atoms with Gasteiger partial charge in [-0.1, -0.05) is 65.0 Å². The predicted molar refractivity (Wildman–Crippen MR) is 135 cm³/mol. The Hall–Kier alpha value is -1.99. The van der Waals surface area contributed by atoms with Gasteiger partial charge in [0.15, 0.2) is 0 Å². The summed E-state index contributed by atoms with van der Waals surface area (Å²) in [7, 11) is 2.20. The number of carbonyl (C=O) groups excluding carboxylic acids is 1. The second-order valence-electron chi connectivity index (χ2n) is 9.90. The van der Waals surface area contributed by atoms with Gasteiger partial charge < -0.3 is 10.2 Å². The molecule has 0 bridgehead atoms. The van der Waals surface area contributed by atoms with Crippen LogP contribution in [0.3, 0.4) is 0 Å². The molecule has 1 amide bonds. The molecule has 1 aromatic heterocycles. The van der Waals surface area contributed by atoms with E-state index in [0.717, 1.165) is 34.8 Å². The molecule has 1 atom stereocenters. The number of hydrogen-bond acceptors (Lipinski definition) is 6. The van der Waals surface area contributed by atoms with Crippen LogP contribution in [0.4, 0.5) is 10.3 Å². The Bertz CT molecular complexity index is 892. The highest BCUT2D eigenvalue weighted by Gasteiger charge is 2.23. The van der Waals surface area contributed by atoms with E-state index in [1.807, 2.05) is 0 Å². The predicted octanol–water partition coefficient (Wildman–Crippen LogP) is 6.06. The average Bonchev–Trinajstić information content (AvgIpc) is 3.35. The summed E-state index contributed by atoms with van der Waals surface area (Å²) in [5, 5.41) is 16.1. The Balaban J connectivity index is 1.73. The molecule has 0 saturated carbocycles. The van der Waals surface area contributed by atoms with Gasteiger partial charge in [-0.25, -0.2) is 0 Å². The molecule has 0 spiro atoms. The van der Waals surface area contributed by atoms with Crippen molar-refractivity contribution in [2.45, 2.75) is 84.6 Å². The summed E-state index contributed by atoms with van der Waals surface area (Å²) in [6.45, 7) is 15.0. The van der Waals surface area contributed by atoms with E-state index in [-0.39, 0.29) is 17.7 Å². The largest absolute Gasteiger partial charge is 0.360 e. The Labute approximate surface area is 197 Å². The smallest absolute Gasteiger partial charge is 0.258 e. The standard InChI is InChI=1S/C25H39N5OS/c1-15(2)18-13-20(16(3)4)22(21(14-18)17(5)6)23(31)27-25-29-28-24(32-25)26-11-10-19-9-8-12-30(19)7/h13-17,19H,8-12H2,1-7H3,(H,26,28)(H,27,29,31). The van der Waals surface area contributed by atoms with E-state index in [2.05, 4.69) is 86.5 Å². The number of anilines is 2. The van der Waals surface area contributed by atoms with E-state index in [1.165, 1.54) is 36.3 Å². The second kappa shape index (κ2) is 10.8. The first-order valence-electron chi connectivity index (χ1n) is 11.9. The molecule has 1 fully saturated rings. The number of likely N-dealkylation sites (tertiary alicyclic amines) is 1. The van der Waals surface area contributed by atoms with Gasteiger partial charge in [0, 0.05) is 18.2 Å². The third-order valence-electron chi connectivity index (χ3n) is 6.43. The summed E-state index contributed by atoms with van der Waals surface area (Å²) in [5.41, 5.74) is 4.26. The fraction of sp³-hybridized carbons (Fsp3) is 0.640. The number of benzene rings is 1. The van der Waals surface area contributed by atoms with Crippen LogP contribution in [0.15, 0.2) is 12.1 Å². The Morgan fingerprint density at radius 3 is 2.22 bits per heavy atom. The van der Waals surface area contributed by atoms with Gasteiger partial charge in [-0.3, -0.25) is 10.1 Å². The molecule has 2 heterocycles. The molecule has 32 heavy (non-hydrogen) atoms. The highest BCUT2D eigenvalue weighted by Crippen LogP contribution is 2.33. The number of rotatable bonds is 9. The van der Waals surface area contributed by atoms with Gasteiger partial charge in [-0.2, -0.15) is 0 Å².